The third kappa shape index (κ3) is 3.95. The molecule has 1 fully saturated rings. The maximum Gasteiger partial charge on any atom is 0.332 e. The minimum Gasteiger partial charge on any atom is -0.350 e. The monoisotopic (exact) mass is 385 g/mol. The second-order valence-electron chi connectivity index (χ2n) is 6.46. The first-order valence-corrected chi connectivity index (χ1v) is 8.97. The molecule has 7 heteroatoms. The first-order chi connectivity index (χ1) is 12.9. The number of urea groups is 1. The summed E-state index contributed by atoms with van der Waals surface area (Å²) in [6.45, 7) is 3.50. The fourth-order valence-electron chi connectivity index (χ4n) is 2.95. The Labute approximate surface area is 162 Å². The molecule has 0 aliphatic carbocycles. The normalized spacial score (nSPS) is 16.8. The van der Waals surface area contributed by atoms with Crippen LogP contribution in [0.4, 0.5) is 10.5 Å². The predicted molar refractivity (Wildman–Crippen MR) is 104 cm³/mol. The van der Waals surface area contributed by atoms with Crippen molar-refractivity contribution in [2.75, 3.05) is 11.4 Å². The van der Waals surface area contributed by atoms with Gasteiger partial charge < -0.3 is 5.32 Å². The van der Waals surface area contributed by atoms with E-state index < -0.39 is 23.9 Å². The molecular formula is C20H20ClN3O3. The second kappa shape index (κ2) is 7.80. The Bertz CT molecular complexity index is 882. The highest BCUT2D eigenvalue weighted by Crippen LogP contribution is 2.26. The fourth-order valence-corrected chi connectivity index (χ4v) is 3.15. The topological polar surface area (TPSA) is 69.7 Å². The number of nitrogens with one attached hydrogen (secondary N) is 1. The van der Waals surface area contributed by atoms with Crippen molar-refractivity contribution in [2.45, 2.75) is 26.4 Å². The lowest BCUT2D eigenvalue weighted by atomic mass is 10.2. The van der Waals surface area contributed by atoms with E-state index in [1.165, 1.54) is 4.90 Å². The van der Waals surface area contributed by atoms with Crippen molar-refractivity contribution >= 4 is 35.1 Å². The van der Waals surface area contributed by atoms with Crippen LogP contribution in [0.3, 0.4) is 0 Å². The van der Waals surface area contributed by atoms with Crippen LogP contribution in [-0.2, 0) is 16.1 Å². The lowest BCUT2D eigenvalue weighted by Gasteiger charge is -2.19. The zero-order valence-electron chi connectivity index (χ0n) is 15.1. The van der Waals surface area contributed by atoms with Gasteiger partial charge in [-0.2, -0.15) is 0 Å². The standard InChI is InChI=1S/C20H20ClN3O3/c1-13-7-9-16(10-8-13)24-14(2)19(26)23(20(24)27)12-18(25)22-11-15-5-3-4-6-17(15)21/h3-10,14H,11-12H2,1-2H3,(H,22,25)/t14-/m0/s1. The highest BCUT2D eigenvalue weighted by Gasteiger charge is 2.43. The molecule has 1 aliphatic rings. The zero-order valence-corrected chi connectivity index (χ0v) is 15.9. The minimum atomic E-state index is -0.656. The van der Waals surface area contributed by atoms with Gasteiger partial charge in [-0.05, 0) is 37.6 Å². The number of hydrogen-bond acceptors (Lipinski definition) is 3. The van der Waals surface area contributed by atoms with E-state index in [0.29, 0.717) is 10.7 Å². The Morgan fingerprint density at radius 3 is 2.44 bits per heavy atom. The largest absolute Gasteiger partial charge is 0.350 e. The Kier molecular flexibility index (Phi) is 5.46. The molecule has 1 aliphatic heterocycles. The van der Waals surface area contributed by atoms with E-state index in [4.69, 9.17) is 11.6 Å². The molecular weight excluding hydrogens is 366 g/mol. The summed E-state index contributed by atoms with van der Waals surface area (Å²) in [4.78, 5) is 39.8. The Balaban J connectivity index is 1.67. The molecule has 1 heterocycles. The number of anilines is 1. The van der Waals surface area contributed by atoms with Crippen LogP contribution in [0.5, 0.6) is 0 Å². The first-order valence-electron chi connectivity index (χ1n) is 8.60. The third-order valence-corrected chi connectivity index (χ3v) is 4.86. The molecule has 27 heavy (non-hydrogen) atoms. The number of hydrogen-bond donors (Lipinski definition) is 1. The van der Waals surface area contributed by atoms with Gasteiger partial charge in [-0.25, -0.2) is 4.79 Å². The summed E-state index contributed by atoms with van der Waals surface area (Å²) in [5.74, 6) is -0.817. The SMILES string of the molecule is Cc1ccc(N2C(=O)N(CC(=O)NCc3ccccc3Cl)C(=O)[C@@H]2C)cc1. The van der Waals surface area contributed by atoms with E-state index in [0.717, 1.165) is 16.0 Å². The number of aryl methyl sites for hydroxylation is 1. The summed E-state index contributed by atoms with van der Waals surface area (Å²) in [6.07, 6.45) is 0. The fraction of sp³-hybridized carbons (Fsp3) is 0.250. The summed E-state index contributed by atoms with van der Waals surface area (Å²) >= 11 is 6.06. The molecule has 2 aromatic rings. The van der Waals surface area contributed by atoms with E-state index in [9.17, 15) is 14.4 Å². The molecule has 2 aromatic carbocycles. The van der Waals surface area contributed by atoms with Crippen molar-refractivity contribution < 1.29 is 14.4 Å². The van der Waals surface area contributed by atoms with Crippen molar-refractivity contribution in [3.63, 3.8) is 0 Å². The number of carbonyl (C=O) groups excluding carboxylic acids is 3. The number of rotatable bonds is 5. The molecule has 0 aromatic heterocycles. The summed E-state index contributed by atoms with van der Waals surface area (Å²) in [5.41, 5.74) is 2.45. The molecule has 0 unspecified atom stereocenters. The molecule has 6 nitrogen and oxygen atoms in total. The summed E-state index contributed by atoms with van der Waals surface area (Å²) in [6, 6.07) is 13.3. The summed E-state index contributed by atoms with van der Waals surface area (Å²) < 4.78 is 0. The van der Waals surface area contributed by atoms with Gasteiger partial charge in [0.2, 0.25) is 5.91 Å². The molecule has 1 saturated heterocycles. The highest BCUT2D eigenvalue weighted by molar-refractivity contribution is 6.31. The number of carbonyl (C=O) groups is 3. The van der Waals surface area contributed by atoms with Crippen LogP contribution in [0, 0.1) is 6.92 Å². The average molecular weight is 386 g/mol. The third-order valence-electron chi connectivity index (χ3n) is 4.50. The average Bonchev–Trinajstić information content (AvgIpc) is 2.85. The molecule has 0 bridgehead atoms. The molecule has 3 rings (SSSR count). The van der Waals surface area contributed by atoms with Crippen molar-refractivity contribution in [3.8, 4) is 0 Å². The van der Waals surface area contributed by atoms with Gasteiger partial charge in [0, 0.05) is 17.3 Å². The van der Waals surface area contributed by atoms with Crippen LogP contribution in [0.1, 0.15) is 18.1 Å². The first kappa shape index (κ1) is 18.9. The van der Waals surface area contributed by atoms with Crippen LogP contribution >= 0.6 is 11.6 Å². The van der Waals surface area contributed by atoms with Gasteiger partial charge in [0.25, 0.3) is 5.91 Å². The van der Waals surface area contributed by atoms with Crippen LogP contribution in [0.15, 0.2) is 48.5 Å². The van der Waals surface area contributed by atoms with Crippen molar-refractivity contribution in [3.05, 3.63) is 64.7 Å². The van der Waals surface area contributed by atoms with Gasteiger partial charge in [-0.15, -0.1) is 0 Å². The lowest BCUT2D eigenvalue weighted by Crippen LogP contribution is -2.41. The maximum absolute atomic E-state index is 12.7. The summed E-state index contributed by atoms with van der Waals surface area (Å²) in [5, 5.41) is 3.24. The smallest absolute Gasteiger partial charge is 0.332 e. The quantitative estimate of drug-likeness (QED) is 0.804. The van der Waals surface area contributed by atoms with Crippen LogP contribution < -0.4 is 10.2 Å². The van der Waals surface area contributed by atoms with E-state index in [-0.39, 0.29) is 13.1 Å². The number of nitrogens with zero attached hydrogens (tertiary/aromatic N) is 2. The molecule has 140 valence electrons. The molecule has 0 saturated carbocycles. The number of benzene rings is 2. The zero-order chi connectivity index (χ0) is 19.6. The molecule has 1 N–H and O–H groups in total. The van der Waals surface area contributed by atoms with Gasteiger partial charge in [0.05, 0.1) is 0 Å². The molecule has 0 spiro atoms. The highest BCUT2D eigenvalue weighted by atomic mass is 35.5. The van der Waals surface area contributed by atoms with E-state index in [1.54, 1.807) is 37.3 Å². The minimum absolute atomic E-state index is 0.228. The number of amides is 4. The summed E-state index contributed by atoms with van der Waals surface area (Å²) in [7, 11) is 0. The Morgan fingerprint density at radius 2 is 1.78 bits per heavy atom. The van der Waals surface area contributed by atoms with Crippen LogP contribution in [-0.4, -0.2) is 35.3 Å². The van der Waals surface area contributed by atoms with Crippen molar-refractivity contribution in [1.82, 2.24) is 10.2 Å². The molecule has 0 radical (unpaired) electrons. The van der Waals surface area contributed by atoms with Gasteiger partial charge in [0.1, 0.15) is 12.6 Å². The Morgan fingerprint density at radius 1 is 1.11 bits per heavy atom. The Hall–Kier alpha value is -2.86. The molecule has 4 amide bonds. The van der Waals surface area contributed by atoms with Crippen LogP contribution in [0.25, 0.3) is 0 Å². The van der Waals surface area contributed by atoms with Gasteiger partial charge >= 0.3 is 6.03 Å². The number of imide groups is 1. The van der Waals surface area contributed by atoms with E-state index >= 15 is 0 Å². The molecule has 1 atom stereocenters. The van der Waals surface area contributed by atoms with Crippen molar-refractivity contribution in [2.24, 2.45) is 0 Å². The maximum atomic E-state index is 12.7. The van der Waals surface area contributed by atoms with Gasteiger partial charge in [-0.1, -0.05) is 47.5 Å². The second-order valence-corrected chi connectivity index (χ2v) is 6.86. The predicted octanol–water partition coefficient (Wildman–Crippen LogP) is 3.12. The number of halogens is 1. The van der Waals surface area contributed by atoms with Gasteiger partial charge in [-0.3, -0.25) is 19.4 Å². The lowest BCUT2D eigenvalue weighted by molar-refractivity contribution is -0.131. The van der Waals surface area contributed by atoms with Gasteiger partial charge in [0.15, 0.2) is 0 Å². The van der Waals surface area contributed by atoms with E-state index in [1.807, 2.05) is 25.1 Å². The van der Waals surface area contributed by atoms with E-state index in [2.05, 4.69) is 5.32 Å². The van der Waals surface area contributed by atoms with Crippen molar-refractivity contribution in [1.29, 1.82) is 0 Å². The van der Waals surface area contributed by atoms with Crippen LogP contribution in [0.2, 0.25) is 5.02 Å².